The highest BCUT2D eigenvalue weighted by Crippen LogP contribution is 2.38. The highest BCUT2D eigenvalue weighted by Gasteiger charge is 2.33. The van der Waals surface area contributed by atoms with Crippen LogP contribution in [0.15, 0.2) is 47.4 Å². The summed E-state index contributed by atoms with van der Waals surface area (Å²) in [4.78, 5) is 0.237. The second-order valence-corrected chi connectivity index (χ2v) is 5.83. The van der Waals surface area contributed by atoms with Crippen molar-refractivity contribution in [3.05, 3.63) is 64.7 Å². The van der Waals surface area contributed by atoms with Gasteiger partial charge in [0.05, 0.1) is 5.56 Å². The van der Waals surface area contributed by atoms with E-state index < -0.39 is 11.7 Å². The van der Waals surface area contributed by atoms with Gasteiger partial charge in [-0.25, -0.2) is 0 Å². The van der Waals surface area contributed by atoms with Crippen molar-refractivity contribution in [2.24, 2.45) is 5.73 Å². The molecule has 0 bridgehead atoms. The predicted octanol–water partition coefficient (Wildman–Crippen LogP) is 4.76. The molecule has 112 valence electrons. The first-order valence-corrected chi connectivity index (χ1v) is 7.47. The lowest BCUT2D eigenvalue weighted by Crippen LogP contribution is -2.09. The number of alkyl halides is 3. The number of benzene rings is 2. The minimum absolute atomic E-state index is 0.103. The second-order valence-electron chi connectivity index (χ2n) is 4.81. The predicted molar refractivity (Wildman–Crippen MR) is 80.1 cm³/mol. The largest absolute Gasteiger partial charge is 0.417 e. The van der Waals surface area contributed by atoms with Gasteiger partial charge in [0, 0.05) is 17.2 Å². The topological polar surface area (TPSA) is 26.0 Å². The smallest absolute Gasteiger partial charge is 0.326 e. The molecular weight excluding hydrogens is 295 g/mol. The third-order valence-corrected chi connectivity index (χ3v) is 4.21. The van der Waals surface area contributed by atoms with Crippen molar-refractivity contribution >= 4 is 11.8 Å². The van der Waals surface area contributed by atoms with E-state index >= 15 is 0 Å². The molecule has 0 aliphatic heterocycles. The summed E-state index contributed by atoms with van der Waals surface area (Å²) in [7, 11) is 0. The molecule has 2 N–H and O–H groups in total. The van der Waals surface area contributed by atoms with Crippen LogP contribution in [0, 0.1) is 6.92 Å². The van der Waals surface area contributed by atoms with Crippen molar-refractivity contribution < 1.29 is 13.2 Å². The zero-order chi connectivity index (χ0) is 15.5. The first-order chi connectivity index (χ1) is 9.90. The molecule has 0 unspecified atom stereocenters. The van der Waals surface area contributed by atoms with Gasteiger partial charge in [0.1, 0.15) is 0 Å². The molecule has 2 aromatic rings. The summed E-state index contributed by atoms with van der Waals surface area (Å²) < 4.78 is 39.3. The van der Waals surface area contributed by atoms with Crippen molar-refractivity contribution in [1.29, 1.82) is 0 Å². The summed E-state index contributed by atoms with van der Waals surface area (Å²) in [6, 6.07) is 12.1. The van der Waals surface area contributed by atoms with Crippen molar-refractivity contribution in [1.82, 2.24) is 0 Å². The molecule has 0 radical (unpaired) electrons. The average molecular weight is 311 g/mol. The summed E-state index contributed by atoms with van der Waals surface area (Å²) in [6.45, 7) is 2.07. The van der Waals surface area contributed by atoms with E-state index in [9.17, 15) is 13.2 Å². The maximum atomic E-state index is 13.1. The molecule has 0 saturated heterocycles. The van der Waals surface area contributed by atoms with Gasteiger partial charge in [-0.05, 0) is 30.2 Å². The Hall–Kier alpha value is -1.46. The number of rotatable bonds is 4. The van der Waals surface area contributed by atoms with Gasteiger partial charge in [-0.1, -0.05) is 35.9 Å². The Kier molecular flexibility index (Phi) is 4.96. The number of halogens is 3. The van der Waals surface area contributed by atoms with E-state index in [0.717, 1.165) is 17.2 Å². The van der Waals surface area contributed by atoms with Gasteiger partial charge in [0.15, 0.2) is 0 Å². The molecule has 0 atom stereocenters. The van der Waals surface area contributed by atoms with E-state index in [1.165, 1.54) is 17.8 Å². The Morgan fingerprint density at radius 3 is 2.43 bits per heavy atom. The zero-order valence-electron chi connectivity index (χ0n) is 11.6. The Bertz CT molecular complexity index is 623. The van der Waals surface area contributed by atoms with Crippen LogP contribution in [-0.2, 0) is 18.5 Å². The number of thioether (sulfide) groups is 1. The first-order valence-electron chi connectivity index (χ1n) is 6.48. The van der Waals surface area contributed by atoms with Crippen LogP contribution >= 0.6 is 11.8 Å². The molecule has 0 saturated carbocycles. The summed E-state index contributed by atoms with van der Waals surface area (Å²) in [5.74, 6) is 0.507. The fraction of sp³-hybridized carbons (Fsp3) is 0.250. The molecule has 0 aliphatic carbocycles. The SMILES string of the molecule is Cc1cccc(CSc2ccc(CN)cc2C(F)(F)F)c1. The maximum absolute atomic E-state index is 13.1. The van der Waals surface area contributed by atoms with Crippen LogP contribution in [-0.4, -0.2) is 0 Å². The normalized spacial score (nSPS) is 11.7. The van der Waals surface area contributed by atoms with Gasteiger partial charge >= 0.3 is 6.18 Å². The molecule has 21 heavy (non-hydrogen) atoms. The highest BCUT2D eigenvalue weighted by molar-refractivity contribution is 7.98. The molecular formula is C16H16F3NS. The summed E-state index contributed by atoms with van der Waals surface area (Å²) in [5.41, 5.74) is 7.41. The lowest BCUT2D eigenvalue weighted by Gasteiger charge is -2.14. The van der Waals surface area contributed by atoms with Crippen LogP contribution in [0.5, 0.6) is 0 Å². The molecule has 0 fully saturated rings. The van der Waals surface area contributed by atoms with Crippen LogP contribution in [0.1, 0.15) is 22.3 Å². The first kappa shape index (κ1) is 15.9. The van der Waals surface area contributed by atoms with Gasteiger partial charge in [0.25, 0.3) is 0 Å². The third-order valence-electron chi connectivity index (χ3n) is 3.06. The molecule has 2 aromatic carbocycles. The lowest BCUT2D eigenvalue weighted by atomic mass is 10.1. The minimum Gasteiger partial charge on any atom is -0.326 e. The van der Waals surface area contributed by atoms with Crippen LogP contribution in [0.25, 0.3) is 0 Å². The van der Waals surface area contributed by atoms with Crippen molar-refractivity contribution in [3.8, 4) is 0 Å². The zero-order valence-corrected chi connectivity index (χ0v) is 12.4. The van der Waals surface area contributed by atoms with Gasteiger partial charge in [0.2, 0.25) is 0 Å². The molecule has 0 heterocycles. The van der Waals surface area contributed by atoms with E-state index in [4.69, 9.17) is 5.73 Å². The van der Waals surface area contributed by atoms with E-state index in [-0.39, 0.29) is 11.4 Å². The average Bonchev–Trinajstić information content (AvgIpc) is 2.44. The summed E-state index contributed by atoms with van der Waals surface area (Å²) in [6.07, 6.45) is -4.36. The fourth-order valence-electron chi connectivity index (χ4n) is 2.01. The monoisotopic (exact) mass is 311 g/mol. The molecule has 2 rings (SSSR count). The van der Waals surface area contributed by atoms with Crippen LogP contribution in [0.3, 0.4) is 0 Å². The van der Waals surface area contributed by atoms with Crippen molar-refractivity contribution in [2.45, 2.75) is 30.3 Å². The van der Waals surface area contributed by atoms with Gasteiger partial charge in [-0.15, -0.1) is 11.8 Å². The number of nitrogens with two attached hydrogens (primary N) is 1. The second kappa shape index (κ2) is 6.54. The molecule has 0 aromatic heterocycles. The van der Waals surface area contributed by atoms with E-state index in [1.807, 2.05) is 31.2 Å². The minimum atomic E-state index is -4.36. The maximum Gasteiger partial charge on any atom is 0.417 e. The molecule has 0 amide bonds. The standard InChI is InChI=1S/C16H16F3NS/c1-11-3-2-4-13(7-11)10-21-15-6-5-12(9-20)8-14(15)16(17,18)19/h2-8H,9-10,20H2,1H3. The highest BCUT2D eigenvalue weighted by atomic mass is 32.2. The molecule has 1 nitrogen and oxygen atoms in total. The molecule has 0 aliphatic rings. The van der Waals surface area contributed by atoms with Crippen molar-refractivity contribution in [2.75, 3.05) is 0 Å². The molecule has 5 heteroatoms. The number of hydrogen-bond donors (Lipinski definition) is 1. The Balaban J connectivity index is 2.23. The van der Waals surface area contributed by atoms with Crippen molar-refractivity contribution in [3.63, 3.8) is 0 Å². The fourth-order valence-corrected chi connectivity index (χ4v) is 3.01. The van der Waals surface area contributed by atoms with E-state index in [0.29, 0.717) is 11.3 Å². The van der Waals surface area contributed by atoms with Gasteiger partial charge in [-0.2, -0.15) is 13.2 Å². The quantitative estimate of drug-likeness (QED) is 0.824. The Morgan fingerprint density at radius 2 is 1.81 bits per heavy atom. The number of hydrogen-bond acceptors (Lipinski definition) is 2. The van der Waals surface area contributed by atoms with Crippen LogP contribution in [0.4, 0.5) is 13.2 Å². The van der Waals surface area contributed by atoms with E-state index in [1.54, 1.807) is 6.07 Å². The number of aryl methyl sites for hydroxylation is 1. The Morgan fingerprint density at radius 1 is 1.05 bits per heavy atom. The summed E-state index contributed by atoms with van der Waals surface area (Å²) >= 11 is 1.19. The van der Waals surface area contributed by atoms with Crippen LogP contribution in [0.2, 0.25) is 0 Å². The van der Waals surface area contributed by atoms with Crippen LogP contribution < -0.4 is 5.73 Å². The van der Waals surface area contributed by atoms with E-state index in [2.05, 4.69) is 0 Å². The third kappa shape index (κ3) is 4.25. The Labute approximate surface area is 126 Å². The molecule has 0 spiro atoms. The summed E-state index contributed by atoms with van der Waals surface area (Å²) in [5, 5.41) is 0. The van der Waals surface area contributed by atoms with Gasteiger partial charge < -0.3 is 5.73 Å². The lowest BCUT2D eigenvalue weighted by molar-refractivity contribution is -0.139. The van der Waals surface area contributed by atoms with Gasteiger partial charge in [-0.3, -0.25) is 0 Å².